The Hall–Kier alpha value is -3.33. The summed E-state index contributed by atoms with van der Waals surface area (Å²) in [6, 6.07) is 11.2. The fraction of sp³-hybridized carbons (Fsp3) is 0.485. The monoisotopic (exact) mass is 566 g/mol. The van der Waals surface area contributed by atoms with Crippen LogP contribution in [0.3, 0.4) is 0 Å². The van der Waals surface area contributed by atoms with Crippen LogP contribution < -0.4 is 14.2 Å². The van der Waals surface area contributed by atoms with Crippen molar-refractivity contribution in [2.75, 3.05) is 21.0 Å². The first kappa shape index (κ1) is 30.6. The summed E-state index contributed by atoms with van der Waals surface area (Å²) in [7, 11) is 3.16. The van der Waals surface area contributed by atoms with E-state index in [0.717, 1.165) is 11.3 Å². The summed E-state index contributed by atoms with van der Waals surface area (Å²) in [4.78, 5) is 13.6. The number of methoxy groups -OCH3 is 2. The summed E-state index contributed by atoms with van der Waals surface area (Å²) >= 11 is 0. The minimum Gasteiger partial charge on any atom is -0.497 e. The summed E-state index contributed by atoms with van der Waals surface area (Å²) in [5.41, 5.74) is 1.89. The first-order chi connectivity index (χ1) is 19.6. The van der Waals surface area contributed by atoms with Crippen molar-refractivity contribution < 1.29 is 38.0 Å². The number of hydrogen-bond donors (Lipinski definition) is 0. The molecule has 222 valence electrons. The van der Waals surface area contributed by atoms with E-state index in [1.165, 1.54) is 7.11 Å². The zero-order chi connectivity index (χ0) is 29.6. The number of fused-ring (bicyclic) bond motifs is 2. The predicted octanol–water partition coefficient (Wildman–Crippen LogP) is 6.57. The third-order valence-corrected chi connectivity index (χ3v) is 7.36. The molecule has 0 N–H and O–H groups in total. The minimum absolute atomic E-state index is 0.0208. The van der Waals surface area contributed by atoms with Gasteiger partial charge in [0.25, 0.3) is 0 Å². The zero-order valence-corrected chi connectivity index (χ0v) is 25.0. The Morgan fingerprint density at radius 2 is 1.66 bits per heavy atom. The van der Waals surface area contributed by atoms with Gasteiger partial charge in [0.1, 0.15) is 35.5 Å². The molecule has 0 amide bonds. The maximum absolute atomic E-state index is 13.6. The number of hydrogen-bond acceptors (Lipinski definition) is 8. The molecule has 0 aromatic heterocycles. The molecule has 5 atom stereocenters. The van der Waals surface area contributed by atoms with Crippen molar-refractivity contribution >= 4 is 12.0 Å². The molecule has 2 aliphatic rings. The van der Waals surface area contributed by atoms with Crippen LogP contribution in [0.5, 0.6) is 17.2 Å². The van der Waals surface area contributed by atoms with Gasteiger partial charge in [-0.15, -0.1) is 0 Å². The fourth-order valence-electron chi connectivity index (χ4n) is 4.94. The highest BCUT2D eigenvalue weighted by atomic mass is 16.8. The molecular formula is C33H42O8. The smallest absolute Gasteiger partial charge is 0.342 e. The number of cyclic esters (lactones) is 1. The Kier molecular flexibility index (Phi) is 10.1. The highest BCUT2D eigenvalue weighted by Crippen LogP contribution is 2.36. The van der Waals surface area contributed by atoms with E-state index in [1.807, 2.05) is 70.2 Å². The average Bonchev–Trinajstić information content (AvgIpc) is 3.27. The van der Waals surface area contributed by atoms with Crippen LogP contribution in [0.15, 0.2) is 54.6 Å². The van der Waals surface area contributed by atoms with E-state index in [-0.39, 0.29) is 36.9 Å². The molecule has 2 aromatic carbocycles. The van der Waals surface area contributed by atoms with Gasteiger partial charge >= 0.3 is 5.97 Å². The lowest BCUT2D eigenvalue weighted by atomic mass is 9.94. The largest absolute Gasteiger partial charge is 0.497 e. The maximum Gasteiger partial charge on any atom is 0.342 e. The first-order valence-electron chi connectivity index (χ1n) is 14.1. The summed E-state index contributed by atoms with van der Waals surface area (Å²) < 4.78 is 40.9. The van der Waals surface area contributed by atoms with E-state index < -0.39 is 11.8 Å². The first-order valence-corrected chi connectivity index (χ1v) is 14.1. The molecule has 8 nitrogen and oxygen atoms in total. The van der Waals surface area contributed by atoms with Crippen molar-refractivity contribution in [3.05, 3.63) is 71.3 Å². The van der Waals surface area contributed by atoms with Gasteiger partial charge in [-0.1, -0.05) is 50.3 Å². The molecule has 1 saturated heterocycles. The summed E-state index contributed by atoms with van der Waals surface area (Å²) in [6.07, 6.45) is 8.05. The van der Waals surface area contributed by atoms with Crippen LogP contribution in [-0.2, 0) is 25.6 Å². The zero-order valence-electron chi connectivity index (χ0n) is 25.0. The van der Waals surface area contributed by atoms with E-state index in [1.54, 1.807) is 13.2 Å². The lowest BCUT2D eigenvalue weighted by Crippen LogP contribution is -2.29. The summed E-state index contributed by atoms with van der Waals surface area (Å²) in [5.74, 6) is 0.569. The highest BCUT2D eigenvalue weighted by Gasteiger charge is 2.42. The Bertz CT molecular complexity index is 1230. The quantitative estimate of drug-likeness (QED) is 0.212. The van der Waals surface area contributed by atoms with Crippen molar-refractivity contribution in [3.63, 3.8) is 0 Å². The Balaban J connectivity index is 1.71. The lowest BCUT2D eigenvalue weighted by molar-refractivity contribution is -0.148. The molecule has 2 aromatic rings. The molecule has 5 unspecified atom stereocenters. The van der Waals surface area contributed by atoms with Gasteiger partial charge in [-0.05, 0) is 56.5 Å². The van der Waals surface area contributed by atoms with Crippen LogP contribution in [0.4, 0.5) is 0 Å². The molecule has 8 heteroatoms. The molecule has 41 heavy (non-hydrogen) atoms. The Labute approximate surface area is 243 Å². The second-order valence-corrected chi connectivity index (χ2v) is 11.1. The van der Waals surface area contributed by atoms with Crippen LogP contribution in [0.2, 0.25) is 0 Å². The van der Waals surface area contributed by atoms with Crippen LogP contribution in [-0.4, -0.2) is 51.1 Å². The number of ether oxygens (including phenoxy) is 7. The summed E-state index contributed by atoms with van der Waals surface area (Å²) in [6.45, 7) is 10.2. The molecule has 2 heterocycles. The van der Waals surface area contributed by atoms with Crippen molar-refractivity contribution in [2.45, 2.75) is 71.7 Å². The fourth-order valence-corrected chi connectivity index (χ4v) is 4.94. The van der Waals surface area contributed by atoms with E-state index in [0.29, 0.717) is 35.7 Å². The predicted molar refractivity (Wildman–Crippen MR) is 156 cm³/mol. The van der Waals surface area contributed by atoms with E-state index in [2.05, 4.69) is 19.1 Å². The molecule has 4 rings (SSSR count). The van der Waals surface area contributed by atoms with Crippen molar-refractivity contribution in [1.82, 2.24) is 0 Å². The summed E-state index contributed by atoms with van der Waals surface area (Å²) in [5, 5.41) is 0. The number of rotatable bonds is 7. The molecule has 1 fully saturated rings. The van der Waals surface area contributed by atoms with Gasteiger partial charge < -0.3 is 33.2 Å². The van der Waals surface area contributed by atoms with Crippen LogP contribution in [0, 0.1) is 11.8 Å². The van der Waals surface area contributed by atoms with Gasteiger partial charge in [-0.3, -0.25) is 0 Å². The maximum atomic E-state index is 13.6. The van der Waals surface area contributed by atoms with E-state index in [4.69, 9.17) is 33.2 Å². The van der Waals surface area contributed by atoms with Gasteiger partial charge in [0, 0.05) is 25.0 Å². The molecular weight excluding hydrogens is 524 g/mol. The molecule has 0 radical (unpaired) electrons. The van der Waals surface area contributed by atoms with E-state index >= 15 is 0 Å². The second kappa shape index (κ2) is 13.6. The van der Waals surface area contributed by atoms with Crippen molar-refractivity contribution in [1.29, 1.82) is 0 Å². The normalized spacial score (nSPS) is 26.7. The van der Waals surface area contributed by atoms with Crippen LogP contribution in [0.25, 0.3) is 6.08 Å². The topological polar surface area (TPSA) is 81.7 Å². The van der Waals surface area contributed by atoms with Crippen molar-refractivity contribution in [2.24, 2.45) is 11.8 Å². The minimum atomic E-state index is -0.682. The second-order valence-electron chi connectivity index (χ2n) is 11.1. The average molecular weight is 567 g/mol. The number of carbonyl (C=O) groups excluding carboxylic acids is 1. The molecule has 0 aliphatic carbocycles. The Morgan fingerprint density at radius 3 is 2.37 bits per heavy atom. The van der Waals surface area contributed by atoms with Crippen molar-refractivity contribution in [3.8, 4) is 17.2 Å². The standard InChI is InChI=1S/C33H42O8/c1-21-11-12-22(2)31-28(40-33(4,5)41-31)10-8-9-25-17-27(37-19-24-13-15-26(36-7)16-14-24)18-29(38-20-35-6)30(25)32(34)39-23(21)3/h8-9,11-18,21-23,28,31H,10,19-20H2,1-7H3/b9-8?,12-11-. The number of carbonyl (C=O) groups is 1. The SMILES string of the molecule is COCOc1cc(OCc2ccc(OC)cc2)cc2c1C(=O)OC(C)C(C)/C=C\C(C)C1OC(C)(C)OC1CC=C2. The van der Waals surface area contributed by atoms with Gasteiger partial charge in [0.05, 0.1) is 19.3 Å². The van der Waals surface area contributed by atoms with Crippen LogP contribution >= 0.6 is 0 Å². The van der Waals surface area contributed by atoms with E-state index in [9.17, 15) is 4.79 Å². The van der Waals surface area contributed by atoms with Gasteiger partial charge in [-0.2, -0.15) is 0 Å². The molecule has 0 saturated carbocycles. The molecule has 0 spiro atoms. The Morgan fingerprint density at radius 1 is 0.927 bits per heavy atom. The number of esters is 1. The van der Waals surface area contributed by atoms with Crippen LogP contribution in [0.1, 0.15) is 62.5 Å². The van der Waals surface area contributed by atoms with Gasteiger partial charge in [0.15, 0.2) is 12.6 Å². The third kappa shape index (κ3) is 7.91. The lowest BCUT2D eigenvalue weighted by Gasteiger charge is -2.23. The van der Waals surface area contributed by atoms with Gasteiger partial charge in [0.2, 0.25) is 0 Å². The third-order valence-electron chi connectivity index (χ3n) is 7.36. The number of benzene rings is 2. The highest BCUT2D eigenvalue weighted by molar-refractivity contribution is 5.97. The molecule has 2 aliphatic heterocycles. The molecule has 0 bridgehead atoms. The van der Waals surface area contributed by atoms with Gasteiger partial charge in [-0.25, -0.2) is 4.79 Å².